The normalized spacial score (nSPS) is 12.4. The fourth-order valence-electron chi connectivity index (χ4n) is 1.42. The lowest BCUT2D eigenvalue weighted by molar-refractivity contribution is 0.891. The lowest BCUT2D eigenvalue weighted by Gasteiger charge is -2.14. The first-order valence-corrected chi connectivity index (χ1v) is 6.12. The summed E-state index contributed by atoms with van der Waals surface area (Å²) in [5.74, 6) is 0. The fourth-order valence-corrected chi connectivity index (χ4v) is 2.36. The molecule has 1 atom stereocenters. The predicted octanol–water partition coefficient (Wildman–Crippen LogP) is 4.57. The molecule has 2 aromatic rings. The van der Waals surface area contributed by atoms with Crippen LogP contribution in [0, 0.1) is 0 Å². The standard InChI is InChI=1S/C12H12ClNS/c1-9(10-6-7-15-8-10)14-12-5-3-2-4-11(12)13/h2-9,14H,1H3. The Kier molecular flexibility index (Phi) is 3.29. The van der Waals surface area contributed by atoms with E-state index in [1.54, 1.807) is 11.3 Å². The van der Waals surface area contributed by atoms with Crippen LogP contribution in [0.3, 0.4) is 0 Å². The maximum absolute atomic E-state index is 6.07. The van der Waals surface area contributed by atoms with E-state index in [0.717, 1.165) is 10.7 Å². The number of rotatable bonds is 3. The van der Waals surface area contributed by atoms with Gasteiger partial charge < -0.3 is 5.32 Å². The van der Waals surface area contributed by atoms with Crippen LogP contribution in [-0.4, -0.2) is 0 Å². The number of benzene rings is 1. The third-order valence-electron chi connectivity index (χ3n) is 2.29. The van der Waals surface area contributed by atoms with Crippen LogP contribution in [-0.2, 0) is 0 Å². The third-order valence-corrected chi connectivity index (χ3v) is 3.32. The van der Waals surface area contributed by atoms with Gasteiger partial charge in [0.25, 0.3) is 0 Å². The van der Waals surface area contributed by atoms with Gasteiger partial charge in [0, 0.05) is 6.04 Å². The Balaban J connectivity index is 2.13. The van der Waals surface area contributed by atoms with Crippen LogP contribution in [0.1, 0.15) is 18.5 Å². The van der Waals surface area contributed by atoms with Crippen LogP contribution in [0.2, 0.25) is 5.02 Å². The summed E-state index contributed by atoms with van der Waals surface area (Å²) in [6.45, 7) is 2.13. The second-order valence-corrected chi connectivity index (χ2v) is 4.59. The fraction of sp³-hybridized carbons (Fsp3) is 0.167. The number of halogens is 1. The molecule has 0 bridgehead atoms. The minimum Gasteiger partial charge on any atom is -0.377 e. The van der Waals surface area contributed by atoms with E-state index in [4.69, 9.17) is 11.6 Å². The number of para-hydroxylation sites is 1. The van der Waals surface area contributed by atoms with Crippen molar-refractivity contribution in [3.05, 3.63) is 51.7 Å². The largest absolute Gasteiger partial charge is 0.377 e. The monoisotopic (exact) mass is 237 g/mol. The van der Waals surface area contributed by atoms with Crippen molar-refractivity contribution in [1.82, 2.24) is 0 Å². The second-order valence-electron chi connectivity index (χ2n) is 3.40. The van der Waals surface area contributed by atoms with Gasteiger partial charge in [-0.3, -0.25) is 0 Å². The van der Waals surface area contributed by atoms with Crippen molar-refractivity contribution >= 4 is 28.6 Å². The topological polar surface area (TPSA) is 12.0 Å². The Hall–Kier alpha value is -0.990. The molecule has 0 saturated heterocycles. The minimum absolute atomic E-state index is 0.288. The van der Waals surface area contributed by atoms with Gasteiger partial charge >= 0.3 is 0 Å². The van der Waals surface area contributed by atoms with E-state index < -0.39 is 0 Å². The highest BCUT2D eigenvalue weighted by atomic mass is 35.5. The van der Waals surface area contributed by atoms with Gasteiger partial charge in [0.1, 0.15) is 0 Å². The SMILES string of the molecule is CC(Nc1ccccc1Cl)c1ccsc1. The van der Waals surface area contributed by atoms with E-state index >= 15 is 0 Å². The van der Waals surface area contributed by atoms with Crippen molar-refractivity contribution < 1.29 is 0 Å². The average molecular weight is 238 g/mol. The maximum Gasteiger partial charge on any atom is 0.0637 e. The molecule has 0 amide bonds. The summed E-state index contributed by atoms with van der Waals surface area (Å²) in [7, 11) is 0. The van der Waals surface area contributed by atoms with Crippen molar-refractivity contribution in [1.29, 1.82) is 0 Å². The van der Waals surface area contributed by atoms with Crippen molar-refractivity contribution in [2.75, 3.05) is 5.32 Å². The van der Waals surface area contributed by atoms with Crippen LogP contribution in [0.15, 0.2) is 41.1 Å². The van der Waals surface area contributed by atoms with E-state index in [2.05, 4.69) is 29.1 Å². The first-order valence-electron chi connectivity index (χ1n) is 4.80. The summed E-state index contributed by atoms with van der Waals surface area (Å²) in [4.78, 5) is 0. The van der Waals surface area contributed by atoms with Crippen LogP contribution in [0.5, 0.6) is 0 Å². The van der Waals surface area contributed by atoms with E-state index in [1.165, 1.54) is 5.56 Å². The van der Waals surface area contributed by atoms with E-state index in [0.29, 0.717) is 0 Å². The highest BCUT2D eigenvalue weighted by Crippen LogP contribution is 2.26. The molecule has 2 rings (SSSR count). The molecular weight excluding hydrogens is 226 g/mol. The summed E-state index contributed by atoms with van der Waals surface area (Å²) in [6, 6.07) is 10.2. The molecule has 1 N–H and O–H groups in total. The summed E-state index contributed by atoms with van der Waals surface area (Å²) >= 11 is 7.78. The van der Waals surface area contributed by atoms with Gasteiger partial charge in [0.15, 0.2) is 0 Å². The Bertz CT molecular complexity index is 425. The molecule has 15 heavy (non-hydrogen) atoms. The molecule has 78 valence electrons. The lowest BCUT2D eigenvalue weighted by Crippen LogP contribution is -2.05. The summed E-state index contributed by atoms with van der Waals surface area (Å²) in [5, 5.41) is 8.38. The van der Waals surface area contributed by atoms with Crippen molar-refractivity contribution in [3.8, 4) is 0 Å². The average Bonchev–Trinajstić information content (AvgIpc) is 2.74. The van der Waals surface area contributed by atoms with Gasteiger partial charge in [0.05, 0.1) is 10.7 Å². The molecular formula is C12H12ClNS. The molecule has 0 spiro atoms. The van der Waals surface area contributed by atoms with Crippen molar-refractivity contribution in [2.45, 2.75) is 13.0 Å². The summed E-state index contributed by atoms with van der Waals surface area (Å²) < 4.78 is 0. The number of thiophene rings is 1. The van der Waals surface area contributed by atoms with Crippen LogP contribution in [0.25, 0.3) is 0 Å². The quantitative estimate of drug-likeness (QED) is 0.824. The minimum atomic E-state index is 0.288. The van der Waals surface area contributed by atoms with Gasteiger partial charge in [-0.1, -0.05) is 23.7 Å². The van der Waals surface area contributed by atoms with Crippen LogP contribution >= 0.6 is 22.9 Å². The highest BCUT2D eigenvalue weighted by Gasteiger charge is 2.06. The smallest absolute Gasteiger partial charge is 0.0637 e. The van der Waals surface area contributed by atoms with Gasteiger partial charge in [-0.2, -0.15) is 11.3 Å². The Morgan fingerprint density at radius 1 is 1.27 bits per heavy atom. The van der Waals surface area contributed by atoms with E-state index in [9.17, 15) is 0 Å². The number of hydrogen-bond acceptors (Lipinski definition) is 2. The zero-order valence-corrected chi connectivity index (χ0v) is 9.98. The molecule has 0 fully saturated rings. The molecule has 0 radical (unpaired) electrons. The first kappa shape index (κ1) is 10.5. The molecule has 0 aliphatic rings. The first-order chi connectivity index (χ1) is 7.27. The molecule has 1 aromatic carbocycles. The highest BCUT2D eigenvalue weighted by molar-refractivity contribution is 7.07. The molecule has 0 aliphatic carbocycles. The number of hydrogen-bond donors (Lipinski definition) is 1. The van der Waals surface area contributed by atoms with Crippen LogP contribution in [0.4, 0.5) is 5.69 Å². The Morgan fingerprint density at radius 2 is 2.07 bits per heavy atom. The number of anilines is 1. The molecule has 3 heteroatoms. The Labute approximate surface area is 98.7 Å². The third kappa shape index (κ3) is 2.52. The molecule has 0 aliphatic heterocycles. The summed E-state index contributed by atoms with van der Waals surface area (Å²) in [5.41, 5.74) is 2.28. The Morgan fingerprint density at radius 3 is 2.73 bits per heavy atom. The summed E-state index contributed by atoms with van der Waals surface area (Å²) in [6.07, 6.45) is 0. The van der Waals surface area contributed by atoms with Crippen molar-refractivity contribution in [2.24, 2.45) is 0 Å². The second kappa shape index (κ2) is 4.69. The van der Waals surface area contributed by atoms with E-state index in [-0.39, 0.29) is 6.04 Å². The maximum atomic E-state index is 6.07. The predicted molar refractivity (Wildman–Crippen MR) is 67.8 cm³/mol. The van der Waals surface area contributed by atoms with E-state index in [1.807, 2.05) is 24.3 Å². The molecule has 1 aromatic heterocycles. The zero-order valence-electron chi connectivity index (χ0n) is 8.41. The molecule has 1 nitrogen and oxygen atoms in total. The molecule has 1 heterocycles. The lowest BCUT2D eigenvalue weighted by atomic mass is 10.1. The van der Waals surface area contributed by atoms with Crippen molar-refractivity contribution in [3.63, 3.8) is 0 Å². The van der Waals surface area contributed by atoms with Gasteiger partial charge in [-0.15, -0.1) is 0 Å². The zero-order chi connectivity index (χ0) is 10.7. The number of nitrogens with one attached hydrogen (secondary N) is 1. The van der Waals surface area contributed by atoms with Gasteiger partial charge in [0.2, 0.25) is 0 Å². The van der Waals surface area contributed by atoms with Gasteiger partial charge in [-0.05, 0) is 41.4 Å². The van der Waals surface area contributed by atoms with Gasteiger partial charge in [-0.25, -0.2) is 0 Å². The van der Waals surface area contributed by atoms with Crippen LogP contribution < -0.4 is 5.32 Å². The molecule has 1 unspecified atom stereocenters. The molecule has 0 saturated carbocycles.